The van der Waals surface area contributed by atoms with Crippen molar-refractivity contribution in [2.45, 2.75) is 13.0 Å². The van der Waals surface area contributed by atoms with Crippen LogP contribution in [0.4, 0.5) is 0 Å². The van der Waals surface area contributed by atoms with Crippen molar-refractivity contribution in [1.82, 2.24) is 9.80 Å². The van der Waals surface area contributed by atoms with E-state index in [-0.39, 0.29) is 6.54 Å². The predicted octanol–water partition coefficient (Wildman–Crippen LogP) is 2.04. The molecule has 0 atom stereocenters. The van der Waals surface area contributed by atoms with Gasteiger partial charge in [-0.15, -0.1) is 0 Å². The number of carboxylic acids is 1. The zero-order valence-corrected chi connectivity index (χ0v) is 12.5. The van der Waals surface area contributed by atoms with Crippen LogP contribution >= 0.6 is 15.9 Å². The van der Waals surface area contributed by atoms with Crippen LogP contribution in [0.25, 0.3) is 0 Å². The molecule has 5 heteroatoms. The van der Waals surface area contributed by atoms with Gasteiger partial charge in [0.2, 0.25) is 0 Å². The van der Waals surface area contributed by atoms with Gasteiger partial charge < -0.3 is 5.11 Å². The molecule has 1 fully saturated rings. The van der Waals surface area contributed by atoms with E-state index >= 15 is 0 Å². The lowest BCUT2D eigenvalue weighted by Gasteiger charge is -2.21. The largest absolute Gasteiger partial charge is 0.480 e. The van der Waals surface area contributed by atoms with E-state index in [0.717, 1.165) is 43.6 Å². The lowest BCUT2D eigenvalue weighted by atomic mass is 10.2. The molecular weight excluding hydrogens is 308 g/mol. The summed E-state index contributed by atoms with van der Waals surface area (Å²) in [4.78, 5) is 15.1. The topological polar surface area (TPSA) is 43.8 Å². The van der Waals surface area contributed by atoms with Crippen LogP contribution in [0.1, 0.15) is 12.0 Å². The molecule has 0 spiro atoms. The van der Waals surface area contributed by atoms with Crippen molar-refractivity contribution < 1.29 is 9.90 Å². The van der Waals surface area contributed by atoms with Crippen molar-refractivity contribution in [3.05, 3.63) is 34.3 Å². The molecule has 0 aromatic heterocycles. The summed E-state index contributed by atoms with van der Waals surface area (Å²) in [6.07, 6.45) is 1.03. The van der Waals surface area contributed by atoms with Crippen LogP contribution < -0.4 is 0 Å². The summed E-state index contributed by atoms with van der Waals surface area (Å²) in [6.45, 7) is 4.73. The molecule has 1 heterocycles. The number of hydrogen-bond acceptors (Lipinski definition) is 3. The van der Waals surface area contributed by atoms with Crippen molar-refractivity contribution in [2.24, 2.45) is 0 Å². The molecule has 1 aliphatic rings. The number of benzene rings is 1. The second-order valence-electron chi connectivity index (χ2n) is 4.89. The molecule has 19 heavy (non-hydrogen) atoms. The second kappa shape index (κ2) is 7.03. The summed E-state index contributed by atoms with van der Waals surface area (Å²) in [5.41, 5.74) is 1.29. The van der Waals surface area contributed by atoms with Crippen molar-refractivity contribution in [2.75, 3.05) is 32.7 Å². The highest BCUT2D eigenvalue weighted by molar-refractivity contribution is 9.10. The molecule has 0 unspecified atom stereocenters. The molecular formula is C14H19BrN2O2. The highest BCUT2D eigenvalue weighted by atomic mass is 79.9. The van der Waals surface area contributed by atoms with E-state index in [4.69, 9.17) is 5.11 Å². The number of carbonyl (C=O) groups is 1. The Hall–Kier alpha value is -0.910. The molecule has 4 nitrogen and oxygen atoms in total. The lowest BCUT2D eigenvalue weighted by molar-refractivity contribution is -0.138. The van der Waals surface area contributed by atoms with Gasteiger partial charge in [0.15, 0.2) is 0 Å². The highest BCUT2D eigenvalue weighted by Crippen LogP contribution is 2.18. The molecule has 1 N–H and O–H groups in total. The van der Waals surface area contributed by atoms with Crippen molar-refractivity contribution in [3.63, 3.8) is 0 Å². The Balaban J connectivity index is 1.89. The Morgan fingerprint density at radius 2 is 1.84 bits per heavy atom. The first-order chi connectivity index (χ1) is 9.15. The molecule has 0 saturated carbocycles. The van der Waals surface area contributed by atoms with Crippen molar-refractivity contribution >= 4 is 21.9 Å². The standard InChI is InChI=1S/C14H19BrN2O2/c15-13-5-2-1-4-12(13)10-16-6-3-7-17(9-8-16)11-14(18)19/h1-2,4-5H,3,6-11H2,(H,18,19). The first-order valence-corrected chi connectivity index (χ1v) is 7.34. The second-order valence-corrected chi connectivity index (χ2v) is 5.75. The summed E-state index contributed by atoms with van der Waals surface area (Å²) in [7, 11) is 0. The number of aliphatic carboxylic acids is 1. The fourth-order valence-corrected chi connectivity index (χ4v) is 2.81. The minimum atomic E-state index is -0.737. The average molecular weight is 327 g/mol. The number of halogens is 1. The number of nitrogens with zero attached hydrogens (tertiary/aromatic N) is 2. The van der Waals surface area contributed by atoms with Gasteiger partial charge in [-0.05, 0) is 24.6 Å². The number of rotatable bonds is 4. The molecule has 0 bridgehead atoms. The van der Waals surface area contributed by atoms with Crippen molar-refractivity contribution in [1.29, 1.82) is 0 Å². The van der Waals surface area contributed by atoms with Gasteiger partial charge in [-0.1, -0.05) is 34.1 Å². The lowest BCUT2D eigenvalue weighted by Crippen LogP contribution is -2.34. The average Bonchev–Trinajstić information content (AvgIpc) is 2.57. The molecule has 1 aromatic rings. The van der Waals surface area contributed by atoms with E-state index in [9.17, 15) is 4.79 Å². The molecule has 1 saturated heterocycles. The fourth-order valence-electron chi connectivity index (χ4n) is 2.40. The first-order valence-electron chi connectivity index (χ1n) is 6.55. The van der Waals surface area contributed by atoms with Gasteiger partial charge >= 0.3 is 5.97 Å². The van der Waals surface area contributed by atoms with E-state index in [1.165, 1.54) is 5.56 Å². The van der Waals surface area contributed by atoms with E-state index in [1.54, 1.807) is 0 Å². The van der Waals surface area contributed by atoms with E-state index in [0.29, 0.717) is 0 Å². The molecule has 0 aliphatic carbocycles. The summed E-state index contributed by atoms with van der Waals surface area (Å²) in [5, 5.41) is 8.83. The minimum absolute atomic E-state index is 0.156. The van der Waals surface area contributed by atoms with Gasteiger partial charge in [-0.2, -0.15) is 0 Å². The molecule has 1 aromatic carbocycles. The van der Waals surface area contributed by atoms with Gasteiger partial charge in [-0.3, -0.25) is 14.6 Å². The summed E-state index contributed by atoms with van der Waals surface area (Å²) >= 11 is 3.57. The monoisotopic (exact) mass is 326 g/mol. The van der Waals surface area contributed by atoms with Crippen LogP contribution in [-0.4, -0.2) is 53.6 Å². The molecule has 104 valence electrons. The maximum atomic E-state index is 10.7. The maximum Gasteiger partial charge on any atom is 0.317 e. The van der Waals surface area contributed by atoms with Crippen LogP contribution in [-0.2, 0) is 11.3 Å². The summed E-state index contributed by atoms with van der Waals surface area (Å²) in [5.74, 6) is -0.737. The third-order valence-electron chi connectivity index (χ3n) is 3.39. The smallest absolute Gasteiger partial charge is 0.317 e. The summed E-state index contributed by atoms with van der Waals surface area (Å²) in [6, 6.07) is 8.26. The van der Waals surface area contributed by atoms with Gasteiger partial charge in [-0.25, -0.2) is 0 Å². The summed E-state index contributed by atoms with van der Waals surface area (Å²) < 4.78 is 1.14. The molecule has 2 rings (SSSR count). The Morgan fingerprint density at radius 3 is 2.58 bits per heavy atom. The van der Waals surface area contributed by atoms with E-state index < -0.39 is 5.97 Å². The SMILES string of the molecule is O=C(O)CN1CCCN(Cc2ccccc2Br)CC1. The third kappa shape index (κ3) is 4.60. The zero-order chi connectivity index (χ0) is 13.7. The van der Waals surface area contributed by atoms with E-state index in [2.05, 4.69) is 39.0 Å². The third-order valence-corrected chi connectivity index (χ3v) is 4.17. The van der Waals surface area contributed by atoms with Crippen LogP contribution in [0.2, 0.25) is 0 Å². The zero-order valence-electron chi connectivity index (χ0n) is 10.9. The number of hydrogen-bond donors (Lipinski definition) is 1. The Kier molecular flexibility index (Phi) is 5.36. The number of carboxylic acid groups (broad SMARTS) is 1. The Morgan fingerprint density at radius 1 is 1.16 bits per heavy atom. The van der Waals surface area contributed by atoms with Crippen molar-refractivity contribution in [3.8, 4) is 0 Å². The Bertz CT molecular complexity index is 439. The fraction of sp³-hybridized carbons (Fsp3) is 0.500. The van der Waals surface area contributed by atoms with Crippen LogP contribution in [0.5, 0.6) is 0 Å². The first kappa shape index (κ1) is 14.5. The molecule has 0 amide bonds. The maximum absolute atomic E-state index is 10.7. The molecule has 0 radical (unpaired) electrons. The van der Waals surface area contributed by atoms with Crippen LogP contribution in [0.3, 0.4) is 0 Å². The quantitative estimate of drug-likeness (QED) is 0.919. The highest BCUT2D eigenvalue weighted by Gasteiger charge is 2.17. The van der Waals surface area contributed by atoms with Gasteiger partial charge in [0.1, 0.15) is 0 Å². The normalized spacial score (nSPS) is 18.2. The van der Waals surface area contributed by atoms with Gasteiger partial charge in [0.05, 0.1) is 6.54 Å². The van der Waals surface area contributed by atoms with Gasteiger partial charge in [0.25, 0.3) is 0 Å². The van der Waals surface area contributed by atoms with Gasteiger partial charge in [0, 0.05) is 30.7 Å². The predicted molar refractivity (Wildman–Crippen MR) is 78.1 cm³/mol. The van der Waals surface area contributed by atoms with Crippen LogP contribution in [0, 0.1) is 0 Å². The van der Waals surface area contributed by atoms with E-state index in [1.807, 2.05) is 11.0 Å². The van der Waals surface area contributed by atoms with Crippen LogP contribution in [0.15, 0.2) is 28.7 Å². The molecule has 1 aliphatic heterocycles. The minimum Gasteiger partial charge on any atom is -0.480 e. The Labute approximate surface area is 122 Å².